The van der Waals surface area contributed by atoms with Crippen molar-refractivity contribution in [1.29, 1.82) is 0 Å². The van der Waals surface area contributed by atoms with Crippen LogP contribution < -0.4 is 4.74 Å². The largest absolute Gasteiger partial charge is 0.485 e. The minimum atomic E-state index is -2.79. The summed E-state index contributed by atoms with van der Waals surface area (Å²) in [6.07, 6.45) is 21.1. The third-order valence-electron chi connectivity index (χ3n) is 12.9. The second-order valence-electron chi connectivity index (χ2n) is 17.5. The molecule has 0 heterocycles. The summed E-state index contributed by atoms with van der Waals surface area (Å²) in [7, 11) is -5.58. The minimum absolute atomic E-state index is 0.337. The predicted molar refractivity (Wildman–Crippen MR) is 248 cm³/mol. The average molecular weight is 865 g/mol. The van der Waals surface area contributed by atoms with E-state index in [0.29, 0.717) is 23.7 Å². The Morgan fingerprint density at radius 3 is 1.31 bits per heavy atom. The molecule has 59 heavy (non-hydrogen) atoms. The van der Waals surface area contributed by atoms with Gasteiger partial charge in [0.15, 0.2) is 0 Å². The van der Waals surface area contributed by atoms with Crippen molar-refractivity contribution in [3.63, 3.8) is 0 Å². The van der Waals surface area contributed by atoms with Crippen molar-refractivity contribution in [3.05, 3.63) is 64.2 Å². The Morgan fingerprint density at radius 2 is 0.915 bits per heavy atom. The van der Waals surface area contributed by atoms with E-state index in [1.54, 1.807) is 0 Å². The van der Waals surface area contributed by atoms with E-state index in [0.717, 1.165) is 112 Å². The monoisotopic (exact) mass is 865 g/mol. The number of rotatable bonds is 35. The molecule has 8 nitrogen and oxygen atoms in total. The van der Waals surface area contributed by atoms with Gasteiger partial charge < -0.3 is 38.5 Å². The molecule has 5 unspecified atom stereocenters. The van der Waals surface area contributed by atoms with Gasteiger partial charge in [-0.25, -0.2) is 0 Å². The number of aliphatic hydroxyl groups is 1. The first kappa shape index (κ1) is 54.0. The molecule has 2 rings (SSSR count). The molecule has 0 bridgehead atoms. The summed E-state index contributed by atoms with van der Waals surface area (Å²) < 4.78 is 18.5. The van der Waals surface area contributed by atoms with Gasteiger partial charge in [0.2, 0.25) is 0 Å². The number of hydrogen-bond acceptors (Lipinski definition) is 8. The van der Waals surface area contributed by atoms with Crippen molar-refractivity contribution in [1.82, 2.24) is 0 Å². The van der Waals surface area contributed by atoms with E-state index in [2.05, 4.69) is 91.8 Å². The van der Waals surface area contributed by atoms with Crippen LogP contribution in [0, 0.1) is 29.1 Å². The lowest BCUT2D eigenvalue weighted by Gasteiger charge is -2.40. The fourth-order valence-corrected chi connectivity index (χ4v) is 9.45. The van der Waals surface area contributed by atoms with Gasteiger partial charge in [-0.2, -0.15) is 0 Å². The van der Waals surface area contributed by atoms with Crippen LogP contribution in [-0.2, 0) is 34.7 Å². The molecule has 0 aliphatic carbocycles. The van der Waals surface area contributed by atoms with Crippen molar-refractivity contribution in [2.45, 2.75) is 190 Å². The first-order valence-corrected chi connectivity index (χ1v) is 25.9. The second-order valence-corrected chi connectivity index (χ2v) is 19.1. The van der Waals surface area contributed by atoms with Gasteiger partial charge in [-0.1, -0.05) is 188 Å². The maximum atomic E-state index is 11.5. The zero-order valence-electron chi connectivity index (χ0n) is 38.5. The van der Waals surface area contributed by atoms with Crippen molar-refractivity contribution < 1.29 is 38.5 Å². The zero-order chi connectivity index (χ0) is 43.6. The molecule has 0 spiro atoms. The highest BCUT2D eigenvalue weighted by Gasteiger charge is 2.45. The van der Waals surface area contributed by atoms with Crippen LogP contribution in [0.1, 0.15) is 192 Å². The van der Waals surface area contributed by atoms with Gasteiger partial charge in [0, 0.05) is 0 Å². The molecular formula is C49H86O8P2. The van der Waals surface area contributed by atoms with Crippen molar-refractivity contribution >= 4 is 17.2 Å². The number of benzene rings is 2. The van der Waals surface area contributed by atoms with Crippen LogP contribution in [0.5, 0.6) is 5.75 Å². The minimum Gasteiger partial charge on any atom is -0.485 e. The summed E-state index contributed by atoms with van der Waals surface area (Å²) in [5.74, 6) is 2.81. The van der Waals surface area contributed by atoms with Crippen LogP contribution in [-0.4, -0.2) is 44.5 Å². The molecule has 0 aromatic heterocycles. The molecule has 0 saturated carbocycles. The van der Waals surface area contributed by atoms with Gasteiger partial charge in [0.1, 0.15) is 11.9 Å². The number of aliphatic hydroxyl groups excluding tert-OH is 1. The Labute approximate surface area is 363 Å². The first-order chi connectivity index (χ1) is 28.5. The number of ether oxygens (including phenoxy) is 1. The van der Waals surface area contributed by atoms with Crippen LogP contribution in [0.15, 0.2) is 36.4 Å². The Hall–Kier alpha value is -1.18. The molecule has 0 fully saturated rings. The van der Waals surface area contributed by atoms with Gasteiger partial charge in [-0.05, 0) is 83.2 Å². The molecule has 10 heteroatoms. The van der Waals surface area contributed by atoms with Crippen LogP contribution >= 0.6 is 17.2 Å². The molecule has 0 saturated heterocycles. The summed E-state index contributed by atoms with van der Waals surface area (Å²) >= 11 is 0. The number of unbranched alkanes of at least 4 members (excludes halogenated alkanes) is 4. The molecule has 2 aromatic carbocycles. The maximum absolute atomic E-state index is 11.5. The lowest BCUT2D eigenvalue weighted by atomic mass is 9.77. The highest BCUT2D eigenvalue weighted by atomic mass is 31.2. The highest BCUT2D eigenvalue weighted by Crippen LogP contribution is 2.46. The molecule has 5 atom stereocenters. The van der Waals surface area contributed by atoms with Gasteiger partial charge >= 0.3 is 17.2 Å². The van der Waals surface area contributed by atoms with Crippen molar-refractivity contribution in [2.24, 2.45) is 29.1 Å². The summed E-state index contributed by atoms with van der Waals surface area (Å²) in [5.41, 5.74) is 4.30. The summed E-state index contributed by atoms with van der Waals surface area (Å²) in [4.78, 5) is 40.3. The van der Waals surface area contributed by atoms with Crippen LogP contribution in [0.2, 0.25) is 0 Å². The topological polar surface area (TPSA) is 129 Å². The molecule has 0 amide bonds. The highest BCUT2D eigenvalue weighted by molar-refractivity contribution is 7.39. The van der Waals surface area contributed by atoms with Crippen molar-refractivity contribution in [2.75, 3.05) is 19.8 Å². The van der Waals surface area contributed by atoms with E-state index in [9.17, 15) is 24.7 Å². The molecule has 0 aliphatic heterocycles. The Kier molecular flexibility index (Phi) is 28.2. The predicted octanol–water partition coefficient (Wildman–Crippen LogP) is 13.3. The van der Waals surface area contributed by atoms with Gasteiger partial charge in [0.25, 0.3) is 0 Å². The smallest absolute Gasteiger partial charge is 0.327 e. The fraction of sp³-hybridized carbons (Fsp3) is 0.755. The Morgan fingerprint density at radius 1 is 0.525 bits per heavy atom. The van der Waals surface area contributed by atoms with E-state index in [1.165, 1.54) is 49.7 Å². The van der Waals surface area contributed by atoms with E-state index in [-0.39, 0.29) is 13.2 Å². The molecule has 0 radical (unpaired) electrons. The average Bonchev–Trinajstić information content (AvgIpc) is 3.24. The van der Waals surface area contributed by atoms with Crippen LogP contribution in [0.4, 0.5) is 0 Å². The third-order valence-corrected chi connectivity index (χ3v) is 13.6. The third kappa shape index (κ3) is 19.4. The lowest BCUT2D eigenvalue weighted by Crippen LogP contribution is -2.44. The van der Waals surface area contributed by atoms with Crippen LogP contribution in [0.25, 0.3) is 0 Å². The lowest BCUT2D eigenvalue weighted by molar-refractivity contribution is -0.0660. The first-order valence-electron chi connectivity index (χ1n) is 23.6. The van der Waals surface area contributed by atoms with E-state index < -0.39 is 35.3 Å². The SMILES string of the molecule is CCCCC(CC)Cc1ccc(OC(c2ccc(CC(CC)CCCC)cc2CC(CC)CCCC)C(CO)(COP(O)O)COP(O)O)c(CC(CC)CCCC)c1. The van der Waals surface area contributed by atoms with Gasteiger partial charge in [0.05, 0.1) is 25.2 Å². The Bertz CT molecular complexity index is 1360. The molecule has 5 N–H and O–H groups in total. The van der Waals surface area contributed by atoms with Gasteiger partial charge in [-0.15, -0.1) is 0 Å². The van der Waals surface area contributed by atoms with Gasteiger partial charge in [-0.3, -0.25) is 0 Å². The molecule has 2 aromatic rings. The van der Waals surface area contributed by atoms with E-state index in [4.69, 9.17) is 13.8 Å². The zero-order valence-corrected chi connectivity index (χ0v) is 40.3. The summed E-state index contributed by atoms with van der Waals surface area (Å²) in [6.45, 7) is 16.9. The normalized spacial score (nSPS) is 14.8. The molecule has 340 valence electrons. The standard InChI is InChI=1S/C49H86O8P2/c1-9-17-21-38(13-5)29-42-25-27-46(44(33-42)31-40(15-7)23-19-11-3)48(49(35-50,36-55-58(51)52)37-56-59(53)54)57-47-28-26-43(30-39(14-6)22-18-10-2)34-45(47)32-41(16-8)24-20-12-4/h25-28,33-34,38-41,48,50-54H,9-24,29-32,35-37H2,1-8H3. The second kappa shape index (κ2) is 30.8. The maximum Gasteiger partial charge on any atom is 0.327 e. The van der Waals surface area contributed by atoms with Crippen LogP contribution in [0.3, 0.4) is 0 Å². The fourth-order valence-electron chi connectivity index (χ4n) is 8.70. The molecule has 0 aliphatic rings. The van der Waals surface area contributed by atoms with E-state index >= 15 is 0 Å². The summed E-state index contributed by atoms with van der Waals surface area (Å²) in [6, 6.07) is 13.3. The van der Waals surface area contributed by atoms with E-state index in [1.807, 2.05) is 0 Å². The molecular weight excluding hydrogens is 778 g/mol. The number of hydrogen-bond donors (Lipinski definition) is 5. The summed E-state index contributed by atoms with van der Waals surface area (Å²) in [5, 5.41) is 11.5. The quantitative estimate of drug-likeness (QED) is 0.0433. The Balaban J connectivity index is 2.96. The van der Waals surface area contributed by atoms with Crippen molar-refractivity contribution in [3.8, 4) is 5.75 Å².